The summed E-state index contributed by atoms with van der Waals surface area (Å²) in [5.74, 6) is 0.737. The van der Waals surface area contributed by atoms with Crippen molar-refractivity contribution in [1.29, 1.82) is 0 Å². The predicted octanol–water partition coefficient (Wildman–Crippen LogP) is 1.90. The van der Waals surface area contributed by atoms with Gasteiger partial charge in [0.05, 0.1) is 6.54 Å². The lowest BCUT2D eigenvalue weighted by Crippen LogP contribution is -2.41. The summed E-state index contributed by atoms with van der Waals surface area (Å²) >= 11 is 0. The first-order chi connectivity index (χ1) is 11.0. The van der Waals surface area contributed by atoms with Crippen LogP contribution >= 0.6 is 24.0 Å². The van der Waals surface area contributed by atoms with E-state index in [9.17, 15) is 9.18 Å². The van der Waals surface area contributed by atoms with Gasteiger partial charge in [-0.05, 0) is 26.0 Å². The van der Waals surface area contributed by atoms with Crippen molar-refractivity contribution in [3.63, 3.8) is 0 Å². The lowest BCUT2D eigenvalue weighted by atomic mass is 10.3. The number of hydrogen-bond donors (Lipinski definition) is 3. The van der Waals surface area contributed by atoms with Gasteiger partial charge in [-0.2, -0.15) is 0 Å². The molecule has 136 valence electrons. The minimum absolute atomic E-state index is 0. The van der Waals surface area contributed by atoms with Crippen LogP contribution in [0.4, 0.5) is 4.39 Å². The summed E-state index contributed by atoms with van der Waals surface area (Å²) in [5.41, 5.74) is 0. The molecular formula is C16H26FIN4O2. The maximum absolute atomic E-state index is 13.1. The van der Waals surface area contributed by atoms with Gasteiger partial charge in [0.25, 0.3) is 0 Å². The van der Waals surface area contributed by atoms with E-state index in [1.807, 2.05) is 13.8 Å². The highest BCUT2D eigenvalue weighted by Gasteiger charge is 2.05. The van der Waals surface area contributed by atoms with E-state index in [1.165, 1.54) is 19.1 Å². The molecule has 24 heavy (non-hydrogen) atoms. The Morgan fingerprint density at radius 3 is 2.62 bits per heavy atom. The van der Waals surface area contributed by atoms with E-state index < -0.39 is 0 Å². The topological polar surface area (TPSA) is 74.8 Å². The Kier molecular flexibility index (Phi) is 12.0. The second-order valence-corrected chi connectivity index (χ2v) is 5.02. The third-order valence-corrected chi connectivity index (χ3v) is 2.78. The number of benzene rings is 1. The van der Waals surface area contributed by atoms with E-state index in [4.69, 9.17) is 4.74 Å². The van der Waals surface area contributed by atoms with Crippen molar-refractivity contribution < 1.29 is 13.9 Å². The van der Waals surface area contributed by atoms with E-state index in [0.717, 1.165) is 6.54 Å². The van der Waals surface area contributed by atoms with Crippen LogP contribution in [0.2, 0.25) is 0 Å². The molecule has 8 heteroatoms. The van der Waals surface area contributed by atoms with Crippen LogP contribution in [0.3, 0.4) is 0 Å². The quantitative estimate of drug-likeness (QED) is 0.244. The van der Waals surface area contributed by atoms with Crippen LogP contribution < -0.4 is 20.7 Å². The Labute approximate surface area is 159 Å². The number of halogens is 2. The molecule has 0 spiro atoms. The van der Waals surface area contributed by atoms with Crippen LogP contribution in [0.5, 0.6) is 5.75 Å². The van der Waals surface area contributed by atoms with Gasteiger partial charge in [0.15, 0.2) is 5.96 Å². The SMILES string of the molecule is CCNC(=NCC(C)Oc1cccc(F)c1)NCCNC(C)=O.I. The van der Waals surface area contributed by atoms with Crippen molar-refractivity contribution in [3.8, 4) is 5.75 Å². The molecular weight excluding hydrogens is 426 g/mol. The summed E-state index contributed by atoms with van der Waals surface area (Å²) in [6.07, 6.45) is -0.192. The molecule has 0 saturated heterocycles. The lowest BCUT2D eigenvalue weighted by Gasteiger charge is -2.15. The molecule has 0 fully saturated rings. The number of rotatable bonds is 8. The Balaban J connectivity index is 0.00000529. The van der Waals surface area contributed by atoms with Gasteiger partial charge in [-0.3, -0.25) is 4.79 Å². The summed E-state index contributed by atoms with van der Waals surface area (Å²) in [6.45, 7) is 7.56. The Hall–Kier alpha value is -1.58. The van der Waals surface area contributed by atoms with Gasteiger partial charge >= 0.3 is 0 Å². The first-order valence-corrected chi connectivity index (χ1v) is 7.70. The first-order valence-electron chi connectivity index (χ1n) is 7.70. The van der Waals surface area contributed by atoms with Crippen LogP contribution in [0.1, 0.15) is 20.8 Å². The largest absolute Gasteiger partial charge is 0.489 e. The summed E-state index contributed by atoms with van der Waals surface area (Å²) in [4.78, 5) is 15.2. The molecule has 0 aromatic heterocycles. The molecule has 0 radical (unpaired) electrons. The Morgan fingerprint density at radius 1 is 1.29 bits per heavy atom. The van der Waals surface area contributed by atoms with Crippen LogP contribution in [-0.2, 0) is 4.79 Å². The fourth-order valence-corrected chi connectivity index (χ4v) is 1.79. The number of aliphatic imine (C=N–C) groups is 1. The number of guanidine groups is 1. The zero-order chi connectivity index (χ0) is 17.1. The summed E-state index contributed by atoms with van der Waals surface area (Å²) < 4.78 is 18.7. The van der Waals surface area contributed by atoms with Crippen LogP contribution in [0, 0.1) is 5.82 Å². The van der Waals surface area contributed by atoms with E-state index in [0.29, 0.717) is 31.3 Å². The molecule has 1 aromatic carbocycles. The number of amides is 1. The Morgan fingerprint density at radius 2 is 2.00 bits per heavy atom. The maximum atomic E-state index is 13.1. The number of carbonyl (C=O) groups excluding carboxylic acids is 1. The fraction of sp³-hybridized carbons (Fsp3) is 0.500. The van der Waals surface area contributed by atoms with E-state index >= 15 is 0 Å². The molecule has 0 aliphatic rings. The lowest BCUT2D eigenvalue weighted by molar-refractivity contribution is -0.118. The van der Waals surface area contributed by atoms with Gasteiger partial charge < -0.3 is 20.7 Å². The van der Waals surface area contributed by atoms with Gasteiger partial charge in [-0.15, -0.1) is 24.0 Å². The molecule has 6 nitrogen and oxygen atoms in total. The van der Waals surface area contributed by atoms with Gasteiger partial charge in [0.1, 0.15) is 17.7 Å². The fourth-order valence-electron chi connectivity index (χ4n) is 1.79. The smallest absolute Gasteiger partial charge is 0.216 e. The Bertz CT molecular complexity index is 529. The zero-order valence-electron chi connectivity index (χ0n) is 14.3. The summed E-state index contributed by atoms with van der Waals surface area (Å²) in [7, 11) is 0. The standard InChI is InChI=1S/C16H25FN4O2.HI/c1-4-18-16(20-9-8-19-13(3)22)21-11-12(2)23-15-7-5-6-14(17)10-15;/h5-7,10,12H,4,8-9,11H2,1-3H3,(H,19,22)(H2,18,20,21);1H. The predicted molar refractivity (Wildman–Crippen MR) is 105 cm³/mol. The van der Waals surface area contributed by atoms with Gasteiger partial charge in [0.2, 0.25) is 5.91 Å². The highest BCUT2D eigenvalue weighted by molar-refractivity contribution is 14.0. The third-order valence-electron chi connectivity index (χ3n) is 2.78. The number of ether oxygens (including phenoxy) is 1. The molecule has 1 atom stereocenters. The van der Waals surface area contributed by atoms with Crippen molar-refractivity contribution in [2.45, 2.75) is 26.9 Å². The van der Waals surface area contributed by atoms with Crippen molar-refractivity contribution in [2.75, 3.05) is 26.2 Å². The zero-order valence-corrected chi connectivity index (χ0v) is 16.6. The average molecular weight is 452 g/mol. The van der Waals surface area contributed by atoms with Crippen molar-refractivity contribution in [2.24, 2.45) is 4.99 Å². The molecule has 1 rings (SSSR count). The highest BCUT2D eigenvalue weighted by atomic mass is 127. The minimum atomic E-state index is -0.328. The molecule has 0 aliphatic carbocycles. The van der Waals surface area contributed by atoms with Gasteiger partial charge in [-0.25, -0.2) is 9.38 Å². The minimum Gasteiger partial charge on any atom is -0.489 e. The van der Waals surface area contributed by atoms with E-state index in [-0.39, 0.29) is 41.8 Å². The van der Waals surface area contributed by atoms with Crippen LogP contribution in [0.25, 0.3) is 0 Å². The first kappa shape index (κ1) is 22.4. The molecule has 0 bridgehead atoms. The second kappa shape index (κ2) is 12.8. The van der Waals surface area contributed by atoms with Crippen LogP contribution in [-0.4, -0.2) is 44.1 Å². The number of carbonyl (C=O) groups is 1. The van der Waals surface area contributed by atoms with E-state index in [2.05, 4.69) is 20.9 Å². The monoisotopic (exact) mass is 452 g/mol. The average Bonchev–Trinajstić information content (AvgIpc) is 2.48. The molecule has 1 unspecified atom stereocenters. The van der Waals surface area contributed by atoms with E-state index in [1.54, 1.807) is 12.1 Å². The third kappa shape index (κ3) is 10.2. The molecule has 0 heterocycles. The van der Waals surface area contributed by atoms with Crippen molar-refractivity contribution >= 4 is 35.8 Å². The van der Waals surface area contributed by atoms with Gasteiger partial charge in [0, 0.05) is 32.6 Å². The van der Waals surface area contributed by atoms with Crippen LogP contribution in [0.15, 0.2) is 29.3 Å². The second-order valence-electron chi connectivity index (χ2n) is 5.02. The maximum Gasteiger partial charge on any atom is 0.216 e. The molecule has 1 aromatic rings. The number of nitrogens with zero attached hydrogens (tertiary/aromatic N) is 1. The molecule has 1 amide bonds. The molecule has 0 saturated carbocycles. The summed E-state index contributed by atoms with van der Waals surface area (Å²) in [5, 5.41) is 8.92. The molecule has 3 N–H and O–H groups in total. The summed E-state index contributed by atoms with van der Waals surface area (Å²) in [6, 6.07) is 6.03. The van der Waals surface area contributed by atoms with Crippen molar-refractivity contribution in [1.82, 2.24) is 16.0 Å². The van der Waals surface area contributed by atoms with Gasteiger partial charge in [-0.1, -0.05) is 6.07 Å². The number of nitrogens with one attached hydrogen (secondary N) is 3. The normalized spacial score (nSPS) is 11.9. The molecule has 0 aliphatic heterocycles. The van der Waals surface area contributed by atoms with Crippen molar-refractivity contribution in [3.05, 3.63) is 30.1 Å². The number of hydrogen-bond acceptors (Lipinski definition) is 3. The highest BCUT2D eigenvalue weighted by Crippen LogP contribution is 2.13.